The molecule has 0 fully saturated rings. The topological polar surface area (TPSA) is 51.2 Å². The molecule has 0 aliphatic carbocycles. The standard InChI is InChI=1S/C11H16N2O2/c1-3-12-8-11(14)9-5-10(15-4-2)7-13-6-9/h5-7,12H,3-4,8H2,1-2H3. The third-order valence-electron chi connectivity index (χ3n) is 1.88. The molecule has 1 aromatic rings. The van der Waals surface area contributed by atoms with E-state index in [4.69, 9.17) is 4.74 Å². The molecule has 1 heterocycles. The average molecular weight is 208 g/mol. The minimum absolute atomic E-state index is 0.0332. The summed E-state index contributed by atoms with van der Waals surface area (Å²) in [5, 5.41) is 2.98. The highest BCUT2D eigenvalue weighted by atomic mass is 16.5. The lowest BCUT2D eigenvalue weighted by atomic mass is 10.2. The smallest absolute Gasteiger partial charge is 0.178 e. The Hall–Kier alpha value is -1.42. The summed E-state index contributed by atoms with van der Waals surface area (Å²) in [5.41, 5.74) is 0.585. The van der Waals surface area contributed by atoms with Crippen LogP contribution in [0.15, 0.2) is 18.5 Å². The highest BCUT2D eigenvalue weighted by Crippen LogP contribution is 2.11. The molecule has 0 atom stereocenters. The summed E-state index contributed by atoms with van der Waals surface area (Å²) in [7, 11) is 0. The van der Waals surface area contributed by atoms with Gasteiger partial charge in [0.05, 0.1) is 19.3 Å². The van der Waals surface area contributed by atoms with E-state index < -0.39 is 0 Å². The Morgan fingerprint density at radius 1 is 1.47 bits per heavy atom. The molecule has 0 aromatic carbocycles. The van der Waals surface area contributed by atoms with Gasteiger partial charge < -0.3 is 10.1 Å². The number of likely N-dealkylation sites (N-methyl/N-ethyl adjacent to an activating group) is 1. The molecule has 0 amide bonds. The van der Waals surface area contributed by atoms with Crippen LogP contribution in [0, 0.1) is 0 Å². The number of hydrogen-bond acceptors (Lipinski definition) is 4. The van der Waals surface area contributed by atoms with E-state index >= 15 is 0 Å². The van der Waals surface area contributed by atoms with E-state index in [0.29, 0.717) is 24.5 Å². The van der Waals surface area contributed by atoms with E-state index in [9.17, 15) is 4.79 Å². The minimum Gasteiger partial charge on any atom is -0.492 e. The Balaban J connectivity index is 2.67. The fourth-order valence-corrected chi connectivity index (χ4v) is 1.16. The van der Waals surface area contributed by atoms with Crippen LogP contribution in [-0.4, -0.2) is 30.5 Å². The quantitative estimate of drug-likeness (QED) is 0.715. The SMILES string of the molecule is CCNCC(=O)c1cncc(OCC)c1. The number of nitrogens with one attached hydrogen (secondary N) is 1. The van der Waals surface area contributed by atoms with Crippen LogP contribution < -0.4 is 10.1 Å². The number of aromatic nitrogens is 1. The van der Waals surface area contributed by atoms with Gasteiger partial charge >= 0.3 is 0 Å². The maximum Gasteiger partial charge on any atom is 0.178 e. The van der Waals surface area contributed by atoms with Crippen molar-refractivity contribution in [1.82, 2.24) is 10.3 Å². The maximum atomic E-state index is 11.6. The fraction of sp³-hybridized carbons (Fsp3) is 0.455. The first-order chi connectivity index (χ1) is 7.27. The molecular weight excluding hydrogens is 192 g/mol. The molecule has 0 saturated heterocycles. The number of carbonyl (C=O) groups excluding carboxylic acids is 1. The minimum atomic E-state index is 0.0332. The molecule has 15 heavy (non-hydrogen) atoms. The summed E-state index contributed by atoms with van der Waals surface area (Å²) in [4.78, 5) is 15.6. The summed E-state index contributed by atoms with van der Waals surface area (Å²) in [5.74, 6) is 0.672. The summed E-state index contributed by atoms with van der Waals surface area (Å²) < 4.78 is 5.27. The molecule has 0 aliphatic heterocycles. The van der Waals surface area contributed by atoms with E-state index in [-0.39, 0.29) is 5.78 Å². The van der Waals surface area contributed by atoms with Gasteiger partial charge in [0.2, 0.25) is 0 Å². The van der Waals surface area contributed by atoms with Crippen LogP contribution in [0.2, 0.25) is 0 Å². The summed E-state index contributed by atoms with van der Waals surface area (Å²) in [6.07, 6.45) is 3.16. The molecule has 0 spiro atoms. The van der Waals surface area contributed by atoms with E-state index in [0.717, 1.165) is 6.54 Å². The van der Waals surface area contributed by atoms with E-state index in [2.05, 4.69) is 10.3 Å². The van der Waals surface area contributed by atoms with Gasteiger partial charge in [-0.05, 0) is 19.5 Å². The van der Waals surface area contributed by atoms with Crippen LogP contribution in [0.5, 0.6) is 5.75 Å². The second-order valence-corrected chi connectivity index (χ2v) is 3.05. The number of pyridine rings is 1. The lowest BCUT2D eigenvalue weighted by Crippen LogP contribution is -2.22. The molecule has 1 N–H and O–H groups in total. The second-order valence-electron chi connectivity index (χ2n) is 3.05. The number of ether oxygens (including phenoxy) is 1. The van der Waals surface area contributed by atoms with Gasteiger partial charge in [0.1, 0.15) is 5.75 Å². The Labute approximate surface area is 89.7 Å². The Morgan fingerprint density at radius 2 is 2.27 bits per heavy atom. The molecule has 0 bridgehead atoms. The van der Waals surface area contributed by atoms with Gasteiger partial charge in [-0.15, -0.1) is 0 Å². The molecule has 0 saturated carbocycles. The normalized spacial score (nSPS) is 10.0. The van der Waals surface area contributed by atoms with Crippen molar-refractivity contribution in [1.29, 1.82) is 0 Å². The van der Waals surface area contributed by atoms with E-state index in [1.54, 1.807) is 18.5 Å². The zero-order valence-corrected chi connectivity index (χ0v) is 9.12. The number of Topliss-reactive ketones (excluding diaryl/α,β-unsaturated/α-hetero) is 1. The van der Waals surface area contributed by atoms with Crippen molar-refractivity contribution in [3.8, 4) is 5.75 Å². The van der Waals surface area contributed by atoms with Gasteiger partial charge in [-0.1, -0.05) is 6.92 Å². The van der Waals surface area contributed by atoms with Crippen molar-refractivity contribution in [3.63, 3.8) is 0 Å². The van der Waals surface area contributed by atoms with Crippen molar-refractivity contribution in [2.24, 2.45) is 0 Å². The number of carbonyl (C=O) groups is 1. The van der Waals surface area contributed by atoms with Crippen molar-refractivity contribution in [3.05, 3.63) is 24.0 Å². The number of nitrogens with zero attached hydrogens (tertiary/aromatic N) is 1. The molecule has 82 valence electrons. The monoisotopic (exact) mass is 208 g/mol. The molecule has 4 nitrogen and oxygen atoms in total. The van der Waals surface area contributed by atoms with Crippen LogP contribution in [0.4, 0.5) is 0 Å². The number of rotatable bonds is 6. The lowest BCUT2D eigenvalue weighted by Gasteiger charge is -2.04. The zero-order chi connectivity index (χ0) is 11.1. The lowest BCUT2D eigenvalue weighted by molar-refractivity contribution is 0.0991. The highest BCUT2D eigenvalue weighted by molar-refractivity contribution is 5.97. The predicted octanol–water partition coefficient (Wildman–Crippen LogP) is 1.27. The first-order valence-electron chi connectivity index (χ1n) is 5.09. The molecule has 0 aliphatic rings. The first kappa shape index (κ1) is 11.7. The number of hydrogen-bond donors (Lipinski definition) is 1. The average Bonchev–Trinajstić information content (AvgIpc) is 2.27. The third-order valence-corrected chi connectivity index (χ3v) is 1.88. The van der Waals surface area contributed by atoms with Gasteiger partial charge in [0.15, 0.2) is 5.78 Å². The van der Waals surface area contributed by atoms with Crippen LogP contribution in [0.1, 0.15) is 24.2 Å². The summed E-state index contributed by atoms with van der Waals surface area (Å²) in [6.45, 7) is 5.56. The van der Waals surface area contributed by atoms with Crippen molar-refractivity contribution in [2.45, 2.75) is 13.8 Å². The van der Waals surface area contributed by atoms with Crippen LogP contribution in [-0.2, 0) is 0 Å². The summed E-state index contributed by atoms with van der Waals surface area (Å²) >= 11 is 0. The Morgan fingerprint density at radius 3 is 2.93 bits per heavy atom. The van der Waals surface area contributed by atoms with E-state index in [1.807, 2.05) is 13.8 Å². The largest absolute Gasteiger partial charge is 0.492 e. The Kier molecular flexibility index (Phi) is 4.77. The molecular formula is C11H16N2O2. The fourth-order valence-electron chi connectivity index (χ4n) is 1.16. The van der Waals surface area contributed by atoms with Crippen molar-refractivity contribution in [2.75, 3.05) is 19.7 Å². The zero-order valence-electron chi connectivity index (χ0n) is 9.12. The van der Waals surface area contributed by atoms with Crippen LogP contribution in [0.3, 0.4) is 0 Å². The Bertz CT molecular complexity index is 326. The van der Waals surface area contributed by atoms with Gasteiger partial charge in [0, 0.05) is 11.8 Å². The predicted molar refractivity (Wildman–Crippen MR) is 58.3 cm³/mol. The highest BCUT2D eigenvalue weighted by Gasteiger charge is 2.06. The summed E-state index contributed by atoms with van der Waals surface area (Å²) in [6, 6.07) is 1.72. The van der Waals surface area contributed by atoms with Gasteiger partial charge in [0.25, 0.3) is 0 Å². The van der Waals surface area contributed by atoms with Crippen molar-refractivity contribution < 1.29 is 9.53 Å². The number of ketones is 1. The molecule has 1 aromatic heterocycles. The van der Waals surface area contributed by atoms with Gasteiger partial charge in [-0.2, -0.15) is 0 Å². The molecule has 4 heteroatoms. The third kappa shape index (κ3) is 3.67. The second kappa shape index (κ2) is 6.14. The van der Waals surface area contributed by atoms with Crippen molar-refractivity contribution >= 4 is 5.78 Å². The van der Waals surface area contributed by atoms with E-state index in [1.165, 1.54) is 0 Å². The maximum absolute atomic E-state index is 11.6. The van der Waals surface area contributed by atoms with Gasteiger partial charge in [-0.25, -0.2) is 0 Å². The van der Waals surface area contributed by atoms with Gasteiger partial charge in [-0.3, -0.25) is 9.78 Å². The van der Waals surface area contributed by atoms with Crippen LogP contribution in [0.25, 0.3) is 0 Å². The molecule has 0 unspecified atom stereocenters. The molecule has 0 radical (unpaired) electrons. The molecule has 1 rings (SSSR count). The van der Waals surface area contributed by atoms with Crippen LogP contribution >= 0.6 is 0 Å². The first-order valence-corrected chi connectivity index (χ1v) is 5.09.